The van der Waals surface area contributed by atoms with Crippen molar-refractivity contribution in [2.45, 2.75) is 19.4 Å². The molecule has 0 amide bonds. The van der Waals surface area contributed by atoms with Crippen molar-refractivity contribution >= 4 is 17.3 Å². The molecule has 5 heteroatoms. The maximum absolute atomic E-state index is 12.0. The van der Waals surface area contributed by atoms with Crippen LogP contribution in [0.15, 0.2) is 6.07 Å². The Balaban J connectivity index is 2.13. The van der Waals surface area contributed by atoms with Crippen LogP contribution >= 0.6 is 11.5 Å². The zero-order chi connectivity index (χ0) is 10.8. The van der Waals surface area contributed by atoms with Crippen LogP contribution in [-0.2, 0) is 4.74 Å². The van der Waals surface area contributed by atoms with E-state index in [-0.39, 0.29) is 11.9 Å². The lowest BCUT2D eigenvalue weighted by Gasteiger charge is -2.10. The normalized spacial score (nSPS) is 25.5. The molecule has 15 heavy (non-hydrogen) atoms. The van der Waals surface area contributed by atoms with E-state index in [9.17, 15) is 4.79 Å². The number of nitrogens with zero attached hydrogens (tertiary/aromatic N) is 1. The first-order chi connectivity index (χ1) is 7.22. The number of carbonyl (C=O) groups excluding carboxylic acids is 1. The van der Waals surface area contributed by atoms with Crippen molar-refractivity contribution < 1.29 is 14.3 Å². The van der Waals surface area contributed by atoms with E-state index >= 15 is 0 Å². The Bertz CT molecular complexity index is 363. The van der Waals surface area contributed by atoms with E-state index in [2.05, 4.69) is 4.37 Å². The van der Waals surface area contributed by atoms with Crippen LogP contribution in [0.4, 0.5) is 0 Å². The fourth-order valence-electron chi connectivity index (χ4n) is 1.64. The fourth-order valence-corrected chi connectivity index (χ4v) is 2.32. The van der Waals surface area contributed by atoms with Crippen molar-refractivity contribution in [1.82, 2.24) is 4.37 Å². The molecule has 1 aromatic rings. The van der Waals surface area contributed by atoms with E-state index in [1.165, 1.54) is 18.6 Å². The summed E-state index contributed by atoms with van der Waals surface area (Å²) in [6.45, 7) is 2.71. The summed E-state index contributed by atoms with van der Waals surface area (Å²) >= 11 is 1.17. The van der Waals surface area contributed by atoms with E-state index in [0.717, 1.165) is 6.42 Å². The molecule has 0 N–H and O–H groups in total. The summed E-state index contributed by atoms with van der Waals surface area (Å²) in [7, 11) is 1.54. The SMILES string of the molecule is COc1cc(C(=O)C2OCCC2C)sn1. The first-order valence-electron chi connectivity index (χ1n) is 4.89. The van der Waals surface area contributed by atoms with Gasteiger partial charge in [0.05, 0.1) is 12.0 Å². The number of ketones is 1. The molecule has 1 fully saturated rings. The number of carbonyl (C=O) groups is 1. The molecule has 1 saturated heterocycles. The van der Waals surface area contributed by atoms with Crippen molar-refractivity contribution in [3.8, 4) is 5.88 Å². The van der Waals surface area contributed by atoms with Crippen molar-refractivity contribution in [2.75, 3.05) is 13.7 Å². The van der Waals surface area contributed by atoms with Gasteiger partial charge in [-0.25, -0.2) is 0 Å². The van der Waals surface area contributed by atoms with Gasteiger partial charge < -0.3 is 9.47 Å². The summed E-state index contributed by atoms with van der Waals surface area (Å²) < 4.78 is 14.3. The number of ether oxygens (including phenoxy) is 2. The Hall–Kier alpha value is -0.940. The van der Waals surface area contributed by atoms with Crippen LogP contribution in [0.5, 0.6) is 5.88 Å². The van der Waals surface area contributed by atoms with Gasteiger partial charge in [-0.3, -0.25) is 4.79 Å². The van der Waals surface area contributed by atoms with Crippen LogP contribution in [-0.4, -0.2) is 30.0 Å². The van der Waals surface area contributed by atoms with Gasteiger partial charge in [-0.2, -0.15) is 4.37 Å². The molecule has 2 rings (SSSR count). The fraction of sp³-hybridized carbons (Fsp3) is 0.600. The Morgan fingerprint density at radius 1 is 1.73 bits per heavy atom. The molecular formula is C10H13NO3S. The summed E-state index contributed by atoms with van der Waals surface area (Å²) in [6.07, 6.45) is 0.655. The molecule has 0 aliphatic carbocycles. The molecule has 82 valence electrons. The smallest absolute Gasteiger partial charge is 0.225 e. The number of aromatic nitrogens is 1. The molecule has 2 heterocycles. The Morgan fingerprint density at radius 3 is 3.07 bits per heavy atom. The summed E-state index contributed by atoms with van der Waals surface area (Å²) in [5, 5.41) is 0. The maximum atomic E-state index is 12.0. The number of rotatable bonds is 3. The third-order valence-corrected chi connectivity index (χ3v) is 3.37. The second kappa shape index (κ2) is 4.28. The highest BCUT2D eigenvalue weighted by Crippen LogP contribution is 2.26. The van der Waals surface area contributed by atoms with Gasteiger partial charge in [-0.1, -0.05) is 6.92 Å². The van der Waals surface area contributed by atoms with Gasteiger partial charge in [0.25, 0.3) is 0 Å². The largest absolute Gasteiger partial charge is 0.480 e. The Kier molecular flexibility index (Phi) is 3.02. The van der Waals surface area contributed by atoms with E-state index in [1.807, 2.05) is 6.92 Å². The summed E-state index contributed by atoms with van der Waals surface area (Å²) in [5.74, 6) is 0.820. The van der Waals surface area contributed by atoms with E-state index in [1.54, 1.807) is 6.07 Å². The molecule has 0 saturated carbocycles. The lowest BCUT2D eigenvalue weighted by atomic mass is 10.00. The van der Waals surface area contributed by atoms with Gasteiger partial charge in [-0.05, 0) is 23.9 Å². The molecule has 0 bridgehead atoms. The predicted octanol–water partition coefficient (Wildman–Crippen LogP) is 1.76. The number of hydrogen-bond donors (Lipinski definition) is 0. The van der Waals surface area contributed by atoms with Gasteiger partial charge in [0.1, 0.15) is 6.10 Å². The van der Waals surface area contributed by atoms with Gasteiger partial charge in [-0.15, -0.1) is 0 Å². The first kappa shape index (κ1) is 10.6. The summed E-state index contributed by atoms with van der Waals surface area (Å²) in [4.78, 5) is 12.6. The quantitative estimate of drug-likeness (QED) is 0.738. The van der Waals surface area contributed by atoms with Crippen LogP contribution in [0, 0.1) is 5.92 Å². The molecule has 0 spiro atoms. The molecular weight excluding hydrogens is 214 g/mol. The standard InChI is InChI=1S/C10H13NO3S/c1-6-3-4-14-10(6)9(12)7-5-8(13-2)11-15-7/h5-6,10H,3-4H2,1-2H3. The minimum atomic E-state index is -0.296. The first-order valence-corrected chi connectivity index (χ1v) is 5.66. The molecule has 0 aromatic carbocycles. The second-order valence-corrected chi connectivity index (χ2v) is 4.46. The number of hydrogen-bond acceptors (Lipinski definition) is 5. The van der Waals surface area contributed by atoms with Crippen LogP contribution < -0.4 is 4.74 Å². The van der Waals surface area contributed by atoms with Gasteiger partial charge in [0.15, 0.2) is 0 Å². The molecule has 0 radical (unpaired) electrons. The third-order valence-electron chi connectivity index (χ3n) is 2.59. The van der Waals surface area contributed by atoms with Gasteiger partial charge in [0, 0.05) is 12.7 Å². The average Bonchev–Trinajstić information content (AvgIpc) is 2.84. The molecule has 1 aliphatic rings. The third kappa shape index (κ3) is 2.03. The zero-order valence-electron chi connectivity index (χ0n) is 8.73. The van der Waals surface area contributed by atoms with Crippen LogP contribution in [0.25, 0.3) is 0 Å². The molecule has 2 unspecified atom stereocenters. The highest BCUT2D eigenvalue weighted by atomic mass is 32.1. The van der Waals surface area contributed by atoms with Crippen molar-refractivity contribution in [3.63, 3.8) is 0 Å². The van der Waals surface area contributed by atoms with Crippen molar-refractivity contribution in [3.05, 3.63) is 10.9 Å². The predicted molar refractivity (Wildman–Crippen MR) is 56.5 cm³/mol. The zero-order valence-corrected chi connectivity index (χ0v) is 9.54. The molecule has 1 aliphatic heterocycles. The minimum absolute atomic E-state index is 0.0285. The molecule has 1 aromatic heterocycles. The van der Waals surface area contributed by atoms with E-state index in [0.29, 0.717) is 23.3 Å². The van der Waals surface area contributed by atoms with Gasteiger partial charge in [0.2, 0.25) is 11.7 Å². The van der Waals surface area contributed by atoms with Crippen LogP contribution in [0.3, 0.4) is 0 Å². The highest BCUT2D eigenvalue weighted by Gasteiger charge is 2.32. The average molecular weight is 227 g/mol. The number of Topliss-reactive ketones (excluding diaryl/α,β-unsaturated/α-hetero) is 1. The van der Waals surface area contributed by atoms with Crippen molar-refractivity contribution in [1.29, 1.82) is 0 Å². The lowest BCUT2D eigenvalue weighted by molar-refractivity contribution is 0.0583. The monoisotopic (exact) mass is 227 g/mol. The Morgan fingerprint density at radius 2 is 2.53 bits per heavy atom. The van der Waals surface area contributed by atoms with Crippen molar-refractivity contribution in [2.24, 2.45) is 5.92 Å². The van der Waals surface area contributed by atoms with E-state index < -0.39 is 0 Å². The topological polar surface area (TPSA) is 48.4 Å². The molecule has 2 atom stereocenters. The number of methoxy groups -OCH3 is 1. The molecule has 4 nitrogen and oxygen atoms in total. The second-order valence-electron chi connectivity index (χ2n) is 3.66. The minimum Gasteiger partial charge on any atom is -0.480 e. The van der Waals surface area contributed by atoms with E-state index in [4.69, 9.17) is 9.47 Å². The summed E-state index contributed by atoms with van der Waals surface area (Å²) in [5.41, 5.74) is 0. The summed E-state index contributed by atoms with van der Waals surface area (Å²) in [6, 6.07) is 1.67. The Labute approximate surface area is 92.4 Å². The van der Waals surface area contributed by atoms with Crippen LogP contribution in [0.1, 0.15) is 23.0 Å². The van der Waals surface area contributed by atoms with Crippen LogP contribution in [0.2, 0.25) is 0 Å². The maximum Gasteiger partial charge on any atom is 0.225 e. The van der Waals surface area contributed by atoms with Gasteiger partial charge >= 0.3 is 0 Å². The lowest BCUT2D eigenvalue weighted by Crippen LogP contribution is -2.24. The highest BCUT2D eigenvalue weighted by molar-refractivity contribution is 7.08.